The van der Waals surface area contributed by atoms with Crippen molar-refractivity contribution in [1.82, 2.24) is 5.32 Å². The Balaban J connectivity index is 2.73. The molecule has 0 aromatic heterocycles. The Morgan fingerprint density at radius 1 is 1.45 bits per heavy atom. The van der Waals surface area contributed by atoms with Crippen LogP contribution in [0.4, 0.5) is 0 Å². The summed E-state index contributed by atoms with van der Waals surface area (Å²) in [6, 6.07) is 5.47. The van der Waals surface area contributed by atoms with Crippen molar-refractivity contribution in [2.45, 2.75) is 26.9 Å². The highest BCUT2D eigenvalue weighted by atomic mass is 16.5. The normalized spacial score (nSPS) is 10.1. The van der Waals surface area contributed by atoms with E-state index in [1.54, 1.807) is 12.1 Å². The molecule has 0 aliphatic carbocycles. The van der Waals surface area contributed by atoms with Gasteiger partial charge in [0.25, 0.3) is 5.91 Å². The van der Waals surface area contributed by atoms with E-state index in [9.17, 15) is 4.79 Å². The highest BCUT2D eigenvalue weighted by Crippen LogP contribution is 2.10. The second-order valence-electron chi connectivity index (χ2n) is 4.68. The molecule has 0 aliphatic rings. The number of carbonyl (C=O) groups excluding carboxylic acids is 1. The van der Waals surface area contributed by atoms with Gasteiger partial charge in [0.05, 0.1) is 18.3 Å². The topological polar surface area (TPSA) is 58.6 Å². The number of carbonyl (C=O) groups is 1. The summed E-state index contributed by atoms with van der Waals surface area (Å²) in [6.45, 7) is 6.53. The van der Waals surface area contributed by atoms with Gasteiger partial charge in [-0.2, -0.15) is 0 Å². The van der Waals surface area contributed by atoms with E-state index in [2.05, 4.69) is 17.2 Å². The first-order valence-corrected chi connectivity index (χ1v) is 6.64. The lowest BCUT2D eigenvalue weighted by atomic mass is 10.0. The Morgan fingerprint density at radius 2 is 2.20 bits per heavy atom. The number of aliphatic hydroxyl groups is 1. The lowest BCUT2D eigenvalue weighted by molar-refractivity contribution is 0.0746. The Morgan fingerprint density at radius 3 is 2.85 bits per heavy atom. The minimum absolute atomic E-state index is 0.150. The maximum atomic E-state index is 12.1. The number of nitrogens with one attached hydrogen (secondary N) is 1. The first-order valence-electron chi connectivity index (χ1n) is 6.64. The summed E-state index contributed by atoms with van der Waals surface area (Å²) in [5.74, 6) is 5.17. The number of aryl methyl sites for hydroxylation is 1. The molecule has 2 N–H and O–H groups in total. The Labute approximate surface area is 120 Å². The van der Waals surface area contributed by atoms with Crippen LogP contribution in [0.15, 0.2) is 18.2 Å². The number of hydrogen-bond acceptors (Lipinski definition) is 3. The van der Waals surface area contributed by atoms with Crippen LogP contribution < -0.4 is 5.32 Å². The van der Waals surface area contributed by atoms with Gasteiger partial charge < -0.3 is 15.2 Å². The van der Waals surface area contributed by atoms with Crippen molar-refractivity contribution < 1.29 is 14.6 Å². The van der Waals surface area contributed by atoms with E-state index in [0.717, 1.165) is 5.56 Å². The van der Waals surface area contributed by atoms with Crippen molar-refractivity contribution in [2.75, 3.05) is 19.8 Å². The van der Waals surface area contributed by atoms with Crippen molar-refractivity contribution in [1.29, 1.82) is 0 Å². The minimum atomic E-state index is -0.225. The summed E-state index contributed by atoms with van der Waals surface area (Å²) >= 11 is 0. The van der Waals surface area contributed by atoms with Crippen molar-refractivity contribution in [3.8, 4) is 11.8 Å². The predicted octanol–water partition coefficient (Wildman–Crippen LogP) is 1.49. The van der Waals surface area contributed by atoms with Gasteiger partial charge in [-0.3, -0.25) is 4.79 Å². The molecule has 0 unspecified atom stereocenters. The molecule has 4 nitrogen and oxygen atoms in total. The highest BCUT2D eigenvalue weighted by molar-refractivity contribution is 5.96. The number of benzene rings is 1. The van der Waals surface area contributed by atoms with Gasteiger partial charge in [-0.25, -0.2) is 0 Å². The first-order chi connectivity index (χ1) is 9.54. The molecule has 0 bridgehead atoms. The number of rotatable bonds is 5. The number of hydrogen-bond donors (Lipinski definition) is 2. The van der Waals surface area contributed by atoms with E-state index in [1.807, 2.05) is 26.8 Å². The standard InChI is InChI=1S/C16H21NO3/c1-12(2)20-10-8-17-16(19)15-11-13(3)6-7-14(15)5-4-9-18/h6-7,11-12,18H,8-10H2,1-3H3,(H,17,19). The van der Waals surface area contributed by atoms with Crippen LogP contribution in [0.1, 0.15) is 35.3 Å². The van der Waals surface area contributed by atoms with E-state index < -0.39 is 0 Å². The molecule has 1 aromatic rings. The fourth-order valence-electron chi connectivity index (χ4n) is 1.64. The van der Waals surface area contributed by atoms with Crippen LogP contribution in [0.2, 0.25) is 0 Å². The quantitative estimate of drug-likeness (QED) is 0.632. The molecule has 0 aliphatic heterocycles. The summed E-state index contributed by atoms with van der Waals surface area (Å²) in [4.78, 5) is 12.1. The molecule has 0 saturated heterocycles. The van der Waals surface area contributed by atoms with E-state index >= 15 is 0 Å². The van der Waals surface area contributed by atoms with E-state index in [1.165, 1.54) is 0 Å². The van der Waals surface area contributed by atoms with Gasteiger partial charge in [-0.05, 0) is 32.9 Å². The Kier molecular flexibility index (Phi) is 6.78. The van der Waals surface area contributed by atoms with Gasteiger partial charge in [0, 0.05) is 12.1 Å². The number of ether oxygens (including phenoxy) is 1. The van der Waals surface area contributed by atoms with Crippen LogP contribution in [0.5, 0.6) is 0 Å². The summed E-state index contributed by atoms with van der Waals surface area (Å²) in [7, 11) is 0. The largest absolute Gasteiger partial charge is 0.384 e. The SMILES string of the molecule is Cc1ccc(C#CCO)c(C(=O)NCCOC(C)C)c1. The van der Waals surface area contributed by atoms with Crippen LogP contribution in [0.3, 0.4) is 0 Å². The van der Waals surface area contributed by atoms with Gasteiger partial charge in [0.2, 0.25) is 0 Å². The van der Waals surface area contributed by atoms with E-state index in [-0.39, 0.29) is 18.6 Å². The van der Waals surface area contributed by atoms with Crippen molar-refractivity contribution in [2.24, 2.45) is 0 Å². The molecule has 0 fully saturated rings. The van der Waals surface area contributed by atoms with Crippen molar-refractivity contribution in [3.63, 3.8) is 0 Å². The molecule has 0 radical (unpaired) electrons. The third kappa shape index (κ3) is 5.43. The monoisotopic (exact) mass is 275 g/mol. The molecule has 1 aromatic carbocycles. The fourth-order valence-corrected chi connectivity index (χ4v) is 1.64. The summed E-state index contributed by atoms with van der Waals surface area (Å²) in [6.07, 6.45) is 0.150. The third-order valence-electron chi connectivity index (χ3n) is 2.56. The van der Waals surface area contributed by atoms with Gasteiger partial charge in [-0.1, -0.05) is 23.5 Å². The van der Waals surface area contributed by atoms with Crippen molar-refractivity contribution >= 4 is 5.91 Å². The molecule has 0 heterocycles. The summed E-state index contributed by atoms with van der Waals surface area (Å²) in [5.41, 5.74) is 2.13. The molecular weight excluding hydrogens is 254 g/mol. The Bertz CT molecular complexity index is 512. The van der Waals surface area contributed by atoms with Crippen LogP contribution in [-0.4, -0.2) is 36.9 Å². The van der Waals surface area contributed by atoms with Gasteiger partial charge >= 0.3 is 0 Å². The van der Waals surface area contributed by atoms with Gasteiger partial charge in [-0.15, -0.1) is 0 Å². The van der Waals surface area contributed by atoms with E-state index in [0.29, 0.717) is 24.3 Å². The first kappa shape index (κ1) is 16.2. The molecule has 20 heavy (non-hydrogen) atoms. The van der Waals surface area contributed by atoms with Crippen LogP contribution in [0, 0.1) is 18.8 Å². The van der Waals surface area contributed by atoms with Crippen LogP contribution >= 0.6 is 0 Å². The lowest BCUT2D eigenvalue weighted by Gasteiger charge is -2.10. The second-order valence-corrected chi connectivity index (χ2v) is 4.68. The highest BCUT2D eigenvalue weighted by Gasteiger charge is 2.10. The molecule has 4 heteroatoms. The molecule has 0 spiro atoms. The average molecular weight is 275 g/mol. The zero-order valence-electron chi connectivity index (χ0n) is 12.2. The molecule has 1 rings (SSSR count). The van der Waals surface area contributed by atoms with Gasteiger partial charge in [0.15, 0.2) is 0 Å². The zero-order valence-corrected chi connectivity index (χ0v) is 12.2. The summed E-state index contributed by atoms with van der Waals surface area (Å²) in [5, 5.41) is 11.6. The van der Waals surface area contributed by atoms with Gasteiger partial charge in [0.1, 0.15) is 6.61 Å². The second kappa shape index (κ2) is 8.36. The van der Waals surface area contributed by atoms with E-state index in [4.69, 9.17) is 9.84 Å². The van der Waals surface area contributed by atoms with Crippen molar-refractivity contribution in [3.05, 3.63) is 34.9 Å². The minimum Gasteiger partial charge on any atom is -0.384 e. The molecule has 0 saturated carbocycles. The maximum absolute atomic E-state index is 12.1. The summed E-state index contributed by atoms with van der Waals surface area (Å²) < 4.78 is 5.37. The molecule has 0 atom stereocenters. The zero-order chi connectivity index (χ0) is 15.0. The number of amides is 1. The lowest BCUT2D eigenvalue weighted by Crippen LogP contribution is -2.28. The third-order valence-corrected chi connectivity index (χ3v) is 2.56. The molecule has 108 valence electrons. The maximum Gasteiger partial charge on any atom is 0.252 e. The predicted molar refractivity (Wildman–Crippen MR) is 78.6 cm³/mol. The molecular formula is C16H21NO3. The molecule has 1 amide bonds. The number of aliphatic hydroxyl groups excluding tert-OH is 1. The fraction of sp³-hybridized carbons (Fsp3) is 0.438. The Hall–Kier alpha value is -1.83. The van der Waals surface area contributed by atoms with Crippen LogP contribution in [-0.2, 0) is 4.74 Å². The average Bonchev–Trinajstić information content (AvgIpc) is 2.41. The smallest absolute Gasteiger partial charge is 0.252 e. The van der Waals surface area contributed by atoms with Crippen LogP contribution in [0.25, 0.3) is 0 Å².